The largest absolute Gasteiger partial charge is 0.478 e. The molecule has 0 spiro atoms. The summed E-state index contributed by atoms with van der Waals surface area (Å²) in [6, 6.07) is 0. The van der Waals surface area contributed by atoms with Gasteiger partial charge >= 0.3 is 12.6 Å². The van der Waals surface area contributed by atoms with Gasteiger partial charge in [-0.05, 0) is 4.31 Å². The Bertz CT molecular complexity index is 136. The lowest BCUT2D eigenvalue weighted by Gasteiger charge is -2.19. The highest BCUT2D eigenvalue weighted by Crippen LogP contribution is 2.32. The predicted octanol–water partition coefficient (Wildman–Crippen LogP) is 1.19. The molecule has 9 heteroatoms. The van der Waals surface area contributed by atoms with Gasteiger partial charge in [0.1, 0.15) is 0 Å². The molecular weight excluding hydrogens is 200 g/mol. The monoisotopic (exact) mass is 201 g/mol. The van der Waals surface area contributed by atoms with E-state index < -0.39 is 28.8 Å². The molecule has 0 rings (SSSR count). The van der Waals surface area contributed by atoms with E-state index in [1.54, 1.807) is 0 Å². The Kier molecular flexibility index (Phi) is 2.89. The standard InChI is InChI=1S/C2HF6NOS/c3-1(4,5)9(11-10)2(6,7)8/h11H. The fourth-order valence-corrected chi connectivity index (χ4v) is 0.421. The van der Waals surface area contributed by atoms with E-state index in [-0.39, 0.29) is 0 Å². The Morgan fingerprint density at radius 3 is 1.18 bits per heavy atom. The van der Waals surface area contributed by atoms with Crippen LogP contribution in [-0.2, 0) is 11.9 Å². The zero-order valence-electron chi connectivity index (χ0n) is 4.57. The number of hydrogen-bond donors (Lipinski definition) is 1. The summed E-state index contributed by atoms with van der Waals surface area (Å²) in [5.41, 5.74) is 0. The molecule has 0 heterocycles. The lowest BCUT2D eigenvalue weighted by Crippen LogP contribution is -2.44. The Morgan fingerprint density at radius 2 is 1.18 bits per heavy atom. The maximum atomic E-state index is 11.2. The molecule has 0 aliphatic heterocycles. The summed E-state index contributed by atoms with van der Waals surface area (Å²) in [4.78, 5) is 0. The normalized spacial score (nSPS) is 14.1. The summed E-state index contributed by atoms with van der Waals surface area (Å²) in [6.07, 6.45) is -11.3. The third-order valence-electron chi connectivity index (χ3n) is 0.562. The quantitative estimate of drug-likeness (QED) is 0.384. The van der Waals surface area contributed by atoms with Gasteiger partial charge < -0.3 is 0 Å². The van der Waals surface area contributed by atoms with Gasteiger partial charge in [0.25, 0.3) is 0 Å². The summed E-state index contributed by atoms with van der Waals surface area (Å²) in [5.74, 6) is 0. The molecule has 0 aromatic heterocycles. The molecule has 0 aliphatic rings. The van der Waals surface area contributed by atoms with Crippen molar-refractivity contribution in [3.63, 3.8) is 0 Å². The van der Waals surface area contributed by atoms with E-state index in [4.69, 9.17) is 0 Å². The molecule has 0 bridgehead atoms. The topological polar surface area (TPSA) is 20.3 Å². The highest BCUT2D eigenvalue weighted by atomic mass is 32.2. The van der Waals surface area contributed by atoms with Crippen LogP contribution in [0.2, 0.25) is 0 Å². The van der Waals surface area contributed by atoms with Gasteiger partial charge in [-0.1, -0.05) is 0 Å². The van der Waals surface area contributed by atoms with Crippen LogP contribution in [0.3, 0.4) is 0 Å². The molecule has 68 valence electrons. The number of thiol groups is 1. The fourth-order valence-electron chi connectivity index (χ4n) is 0.236. The van der Waals surface area contributed by atoms with Crippen LogP contribution in [0.1, 0.15) is 0 Å². The number of halogens is 6. The zero-order chi connectivity index (χ0) is 9.28. The lowest BCUT2D eigenvalue weighted by molar-refractivity contribution is -0.331. The fraction of sp³-hybridized carbons (Fsp3) is 1.00. The molecular formula is C2HF6NOS. The van der Waals surface area contributed by atoms with Crippen molar-refractivity contribution in [1.82, 2.24) is 4.31 Å². The Balaban J connectivity index is 4.56. The SMILES string of the molecule is O=[SH]N(C(F)(F)F)C(F)(F)F. The molecule has 0 atom stereocenters. The van der Waals surface area contributed by atoms with Crippen molar-refractivity contribution >= 4 is 11.9 Å². The molecule has 0 amide bonds. The molecule has 2 nitrogen and oxygen atoms in total. The Hall–Kier alpha value is -0.310. The van der Waals surface area contributed by atoms with Crippen LogP contribution in [0.5, 0.6) is 0 Å². The van der Waals surface area contributed by atoms with Gasteiger partial charge in [-0.15, -0.1) is 0 Å². The maximum absolute atomic E-state index is 11.2. The molecule has 0 aliphatic carbocycles. The third-order valence-corrected chi connectivity index (χ3v) is 1.18. The summed E-state index contributed by atoms with van der Waals surface area (Å²) >= 11 is -2.15. The van der Waals surface area contributed by atoms with Crippen LogP contribution in [0, 0.1) is 0 Å². The minimum absolute atomic E-state index is 2.08. The van der Waals surface area contributed by atoms with Crippen LogP contribution in [-0.4, -0.2) is 21.1 Å². The molecule has 0 fully saturated rings. The first kappa shape index (κ1) is 10.7. The second-order valence-corrected chi connectivity index (χ2v) is 1.89. The number of alkyl halides is 6. The van der Waals surface area contributed by atoms with E-state index in [0.717, 1.165) is 0 Å². The van der Waals surface area contributed by atoms with Crippen LogP contribution < -0.4 is 0 Å². The highest BCUT2D eigenvalue weighted by molar-refractivity contribution is 7.63. The van der Waals surface area contributed by atoms with Gasteiger partial charge in [0, 0.05) is 0 Å². The van der Waals surface area contributed by atoms with E-state index in [9.17, 15) is 30.6 Å². The van der Waals surface area contributed by atoms with Crippen LogP contribution in [0.15, 0.2) is 0 Å². The number of hydrogen-bond acceptors (Lipinski definition) is 1. The van der Waals surface area contributed by atoms with Crippen molar-refractivity contribution in [2.24, 2.45) is 0 Å². The van der Waals surface area contributed by atoms with Gasteiger partial charge in [0.15, 0.2) is 0 Å². The molecule has 11 heavy (non-hydrogen) atoms. The molecule has 0 saturated heterocycles. The van der Waals surface area contributed by atoms with E-state index in [0.29, 0.717) is 0 Å². The summed E-state index contributed by atoms with van der Waals surface area (Å²) < 4.78 is 74.6. The first-order valence-corrected chi connectivity index (χ1v) is 2.73. The maximum Gasteiger partial charge on any atom is 0.478 e. The minimum atomic E-state index is -5.67. The third kappa shape index (κ3) is 3.06. The first-order valence-electron chi connectivity index (χ1n) is 1.96. The van der Waals surface area contributed by atoms with E-state index in [1.807, 2.05) is 0 Å². The van der Waals surface area contributed by atoms with Crippen molar-refractivity contribution in [2.75, 3.05) is 0 Å². The van der Waals surface area contributed by atoms with Crippen molar-refractivity contribution in [3.05, 3.63) is 0 Å². The predicted molar refractivity (Wildman–Crippen MR) is 23.5 cm³/mol. The summed E-state index contributed by atoms with van der Waals surface area (Å²) in [7, 11) is 0. The average Bonchev–Trinajstić information content (AvgIpc) is 1.56. The zero-order valence-corrected chi connectivity index (χ0v) is 5.46. The van der Waals surface area contributed by atoms with Gasteiger partial charge in [-0.2, -0.15) is 26.3 Å². The van der Waals surface area contributed by atoms with Crippen molar-refractivity contribution in [2.45, 2.75) is 12.6 Å². The van der Waals surface area contributed by atoms with E-state index in [1.165, 1.54) is 0 Å². The molecule has 0 radical (unpaired) electrons. The highest BCUT2D eigenvalue weighted by Gasteiger charge is 2.54. The van der Waals surface area contributed by atoms with Gasteiger partial charge in [0.05, 0.1) is 11.9 Å². The molecule has 0 unspecified atom stereocenters. The molecule has 0 aromatic carbocycles. The molecule has 0 aromatic rings. The second-order valence-electron chi connectivity index (χ2n) is 1.33. The number of rotatable bonds is 1. The van der Waals surface area contributed by atoms with Crippen LogP contribution >= 0.6 is 0 Å². The number of nitrogens with zero attached hydrogens (tertiary/aromatic N) is 1. The van der Waals surface area contributed by atoms with Crippen molar-refractivity contribution in [3.8, 4) is 0 Å². The Labute approximate surface area is 60.4 Å². The Morgan fingerprint density at radius 1 is 0.909 bits per heavy atom. The van der Waals surface area contributed by atoms with Crippen LogP contribution in [0.25, 0.3) is 0 Å². The average molecular weight is 201 g/mol. The van der Waals surface area contributed by atoms with Gasteiger partial charge in [-0.3, -0.25) is 0 Å². The van der Waals surface area contributed by atoms with Gasteiger partial charge in [0.2, 0.25) is 0 Å². The van der Waals surface area contributed by atoms with E-state index in [2.05, 4.69) is 0 Å². The van der Waals surface area contributed by atoms with Gasteiger partial charge in [-0.25, -0.2) is 4.21 Å². The molecule has 0 N–H and O–H groups in total. The summed E-state index contributed by atoms with van der Waals surface area (Å²) in [6.45, 7) is 0. The van der Waals surface area contributed by atoms with Crippen molar-refractivity contribution in [1.29, 1.82) is 0 Å². The summed E-state index contributed by atoms with van der Waals surface area (Å²) in [5, 5.41) is 0. The van der Waals surface area contributed by atoms with Crippen molar-refractivity contribution < 1.29 is 30.6 Å². The smallest absolute Gasteiger partial charge is 0.246 e. The van der Waals surface area contributed by atoms with Crippen LogP contribution in [0.4, 0.5) is 26.3 Å². The first-order chi connectivity index (χ1) is 4.69. The minimum Gasteiger partial charge on any atom is -0.246 e. The second kappa shape index (κ2) is 2.97. The van der Waals surface area contributed by atoms with E-state index >= 15 is 0 Å². The molecule has 0 saturated carbocycles. The lowest BCUT2D eigenvalue weighted by atomic mass is 11.0.